The molecule has 0 radical (unpaired) electrons. The van der Waals surface area contributed by atoms with Crippen molar-refractivity contribution < 1.29 is 24.0 Å². The van der Waals surface area contributed by atoms with E-state index < -0.39 is 17.1 Å². The number of rotatable bonds is 5. The molecule has 8 nitrogen and oxygen atoms in total. The molecule has 0 aliphatic carbocycles. The number of benzene rings is 2. The van der Waals surface area contributed by atoms with Crippen molar-refractivity contribution in [3.8, 4) is 5.75 Å². The first-order chi connectivity index (χ1) is 14.3. The second-order valence-corrected chi connectivity index (χ2v) is 7.69. The number of hydrogen-bond donors (Lipinski definition) is 5. The van der Waals surface area contributed by atoms with Crippen molar-refractivity contribution in [3.05, 3.63) is 59.7 Å². The van der Waals surface area contributed by atoms with Gasteiger partial charge in [-0.2, -0.15) is 0 Å². The number of ether oxygens (including phenoxy) is 1. The average Bonchev–Trinajstić information content (AvgIpc) is 3.19. The Kier molecular flexibility index (Phi) is 12.2. The van der Waals surface area contributed by atoms with Crippen molar-refractivity contribution in [1.82, 2.24) is 10.6 Å². The number of β-amino-alcohol motifs (C(OH)–C–C–N with tert-alkyl or cyclic N) is 1. The lowest BCUT2D eigenvalue weighted by Crippen LogP contribution is -2.19. The predicted molar refractivity (Wildman–Crippen MR) is 120 cm³/mol. The summed E-state index contributed by atoms with van der Waals surface area (Å²) in [6, 6.07) is 15.0. The first-order valence-corrected chi connectivity index (χ1v) is 11.0. The molecule has 1 amide bonds. The van der Waals surface area contributed by atoms with Crippen LogP contribution in [0.1, 0.15) is 17.5 Å². The summed E-state index contributed by atoms with van der Waals surface area (Å²) in [5.74, 6) is 0.917. The molecule has 0 bridgehead atoms. The van der Waals surface area contributed by atoms with Gasteiger partial charge in [-0.1, -0.05) is 29.8 Å². The van der Waals surface area contributed by atoms with E-state index in [0.717, 1.165) is 36.5 Å². The van der Waals surface area contributed by atoms with Gasteiger partial charge in [0.15, 0.2) is 0 Å². The zero-order valence-corrected chi connectivity index (χ0v) is 18.4. The summed E-state index contributed by atoms with van der Waals surface area (Å²) >= 11 is 0. The van der Waals surface area contributed by atoms with Gasteiger partial charge in [0, 0.05) is 25.0 Å². The van der Waals surface area contributed by atoms with E-state index in [9.17, 15) is 9.00 Å². The molecule has 0 spiro atoms. The van der Waals surface area contributed by atoms with Crippen LogP contribution in [-0.4, -0.2) is 53.1 Å². The van der Waals surface area contributed by atoms with E-state index in [1.165, 1.54) is 5.56 Å². The second-order valence-electron chi connectivity index (χ2n) is 6.58. The number of methoxy groups -OCH3 is 1. The molecule has 2 atom stereocenters. The molecule has 5 N–H and O–H groups in total. The van der Waals surface area contributed by atoms with Gasteiger partial charge in [-0.05, 0) is 49.7 Å². The Hall–Kier alpha value is -2.62. The first kappa shape index (κ1) is 25.4. The number of amides is 1. The van der Waals surface area contributed by atoms with E-state index in [1.54, 1.807) is 37.6 Å². The van der Waals surface area contributed by atoms with Gasteiger partial charge >= 0.3 is 6.09 Å². The molecule has 2 aromatic rings. The third-order valence-corrected chi connectivity index (χ3v) is 4.47. The van der Waals surface area contributed by atoms with Crippen LogP contribution in [0.15, 0.2) is 48.5 Å². The number of anilines is 1. The molecule has 3 rings (SSSR count). The van der Waals surface area contributed by atoms with E-state index in [-0.39, 0.29) is 12.6 Å². The number of carboxylic acid groups (broad SMARTS) is 1. The Labute approximate surface area is 180 Å². The lowest BCUT2D eigenvalue weighted by molar-refractivity contribution is 0.194. The SMILES string of the molecule is COc1ccc(C)cc1.CS(=O)Nc1ccc(CNC(=O)O)cc1.OC1CCNC1. The maximum atomic E-state index is 10.8. The van der Waals surface area contributed by atoms with E-state index in [0.29, 0.717) is 0 Å². The molecule has 2 aromatic carbocycles. The Morgan fingerprint density at radius 2 is 1.83 bits per heavy atom. The summed E-state index contributed by atoms with van der Waals surface area (Å²) in [6.45, 7) is 4.10. The number of hydrogen-bond acceptors (Lipinski definition) is 5. The van der Waals surface area contributed by atoms with Crippen molar-refractivity contribution in [2.24, 2.45) is 0 Å². The van der Waals surface area contributed by atoms with Crippen molar-refractivity contribution in [3.63, 3.8) is 0 Å². The van der Waals surface area contributed by atoms with Crippen LogP contribution in [0.25, 0.3) is 0 Å². The van der Waals surface area contributed by atoms with Crippen LogP contribution in [0.2, 0.25) is 0 Å². The first-order valence-electron chi connectivity index (χ1n) is 9.45. The summed E-state index contributed by atoms with van der Waals surface area (Å²) < 4.78 is 18.5. The molecule has 30 heavy (non-hydrogen) atoms. The molecular formula is C21H31N3O5S. The average molecular weight is 438 g/mol. The number of carbonyl (C=O) groups is 1. The maximum absolute atomic E-state index is 10.8. The van der Waals surface area contributed by atoms with E-state index in [1.807, 2.05) is 24.3 Å². The second kappa shape index (κ2) is 14.4. The highest BCUT2D eigenvalue weighted by Crippen LogP contribution is 2.10. The Bertz CT molecular complexity index is 763. The van der Waals surface area contributed by atoms with Crippen molar-refractivity contribution in [2.75, 3.05) is 31.2 Å². The van der Waals surface area contributed by atoms with Gasteiger partial charge in [0.05, 0.1) is 13.2 Å². The molecular weight excluding hydrogens is 406 g/mol. The van der Waals surface area contributed by atoms with Crippen molar-refractivity contribution in [1.29, 1.82) is 0 Å². The minimum atomic E-state index is -1.09. The minimum absolute atomic E-state index is 0.0648. The smallest absolute Gasteiger partial charge is 0.404 e. The van der Waals surface area contributed by atoms with Crippen LogP contribution in [0.5, 0.6) is 5.75 Å². The fraction of sp³-hybridized carbons (Fsp3) is 0.381. The van der Waals surface area contributed by atoms with Gasteiger partial charge in [0.1, 0.15) is 16.7 Å². The molecule has 9 heteroatoms. The van der Waals surface area contributed by atoms with Crippen LogP contribution < -0.4 is 20.1 Å². The largest absolute Gasteiger partial charge is 0.497 e. The number of aliphatic hydroxyl groups excluding tert-OH is 1. The van der Waals surface area contributed by atoms with Gasteiger partial charge in [-0.25, -0.2) is 9.00 Å². The fourth-order valence-electron chi connectivity index (χ4n) is 2.35. The lowest BCUT2D eigenvalue weighted by Gasteiger charge is -2.04. The third-order valence-electron chi connectivity index (χ3n) is 3.95. The van der Waals surface area contributed by atoms with E-state index in [2.05, 4.69) is 22.3 Å². The summed E-state index contributed by atoms with van der Waals surface area (Å²) in [5.41, 5.74) is 2.86. The number of nitrogens with one attached hydrogen (secondary N) is 3. The summed E-state index contributed by atoms with van der Waals surface area (Å²) in [6.07, 6.45) is 1.36. The molecule has 1 saturated heterocycles. The summed E-state index contributed by atoms with van der Waals surface area (Å²) in [4.78, 5) is 10.2. The van der Waals surface area contributed by atoms with Gasteiger partial charge in [-0.3, -0.25) is 0 Å². The molecule has 1 heterocycles. The Morgan fingerprint density at radius 3 is 2.23 bits per heavy atom. The molecule has 1 fully saturated rings. The number of aryl methyl sites for hydroxylation is 1. The molecule has 0 saturated carbocycles. The molecule has 1 aliphatic rings. The number of aliphatic hydroxyl groups is 1. The monoisotopic (exact) mass is 437 g/mol. The van der Waals surface area contributed by atoms with Gasteiger partial charge in [0.25, 0.3) is 0 Å². The minimum Gasteiger partial charge on any atom is -0.497 e. The highest BCUT2D eigenvalue weighted by atomic mass is 32.2. The molecule has 0 aromatic heterocycles. The van der Waals surface area contributed by atoms with Crippen LogP contribution in [0, 0.1) is 6.92 Å². The van der Waals surface area contributed by atoms with Crippen molar-refractivity contribution in [2.45, 2.75) is 26.0 Å². The molecule has 166 valence electrons. The quantitative estimate of drug-likeness (QED) is 0.490. The fourth-order valence-corrected chi connectivity index (χ4v) is 2.82. The Morgan fingerprint density at radius 1 is 1.20 bits per heavy atom. The Balaban J connectivity index is 0.000000252. The zero-order valence-electron chi connectivity index (χ0n) is 17.6. The third kappa shape index (κ3) is 12.1. The standard InChI is InChI=1S/C9H12N2O3S.C8H10O.C4H9NO/c1-15(14)11-8-4-2-7(3-5-8)6-10-9(12)13;1-7-3-5-8(9-2)6-4-7;6-4-1-2-5-3-4/h2-5,10-11H,6H2,1H3,(H,12,13);3-6H,1-2H3;4-6H,1-3H2. The van der Waals surface area contributed by atoms with E-state index in [4.69, 9.17) is 14.9 Å². The summed E-state index contributed by atoms with van der Waals surface area (Å²) in [5, 5.41) is 22.3. The van der Waals surface area contributed by atoms with Crippen LogP contribution in [0.3, 0.4) is 0 Å². The van der Waals surface area contributed by atoms with Crippen LogP contribution in [0.4, 0.5) is 10.5 Å². The predicted octanol–water partition coefficient (Wildman–Crippen LogP) is 2.50. The normalized spacial score (nSPS) is 15.5. The highest BCUT2D eigenvalue weighted by Gasteiger charge is 2.08. The van der Waals surface area contributed by atoms with Crippen molar-refractivity contribution >= 4 is 22.8 Å². The van der Waals surface area contributed by atoms with Gasteiger partial charge < -0.3 is 30.3 Å². The highest BCUT2D eigenvalue weighted by molar-refractivity contribution is 7.85. The topological polar surface area (TPSA) is 120 Å². The van der Waals surface area contributed by atoms with E-state index >= 15 is 0 Å². The van der Waals surface area contributed by atoms with Gasteiger partial charge in [0.2, 0.25) is 0 Å². The van der Waals surface area contributed by atoms with Gasteiger partial charge in [-0.15, -0.1) is 0 Å². The molecule has 1 aliphatic heterocycles. The van der Waals surface area contributed by atoms with Crippen LogP contribution >= 0.6 is 0 Å². The lowest BCUT2D eigenvalue weighted by atomic mass is 10.2. The van der Waals surface area contributed by atoms with Crippen LogP contribution in [-0.2, 0) is 17.5 Å². The zero-order chi connectivity index (χ0) is 22.4. The molecule has 2 unspecified atom stereocenters. The maximum Gasteiger partial charge on any atom is 0.404 e. The summed E-state index contributed by atoms with van der Waals surface area (Å²) in [7, 11) is 0.577.